The lowest BCUT2D eigenvalue weighted by Gasteiger charge is -2.19. The minimum Gasteiger partial charge on any atom is -0.444 e. The van der Waals surface area contributed by atoms with Gasteiger partial charge >= 0.3 is 6.09 Å². The molecule has 0 radical (unpaired) electrons. The van der Waals surface area contributed by atoms with Gasteiger partial charge in [-0.1, -0.05) is 29.8 Å². The summed E-state index contributed by atoms with van der Waals surface area (Å²) >= 11 is 1.50. The topological polar surface area (TPSA) is 55.4 Å². The second-order valence-electron chi connectivity index (χ2n) is 7.38. The number of aryl methyl sites for hydroxylation is 2. The minimum atomic E-state index is -0.578. The zero-order valence-electron chi connectivity index (χ0n) is 15.1. The van der Waals surface area contributed by atoms with Crippen molar-refractivity contribution in [2.45, 2.75) is 52.6 Å². The van der Waals surface area contributed by atoms with Crippen LogP contribution >= 0.6 is 11.3 Å². The molecule has 132 valence electrons. The lowest BCUT2D eigenvalue weighted by atomic mass is 9.99. The first-order chi connectivity index (χ1) is 11.7. The van der Waals surface area contributed by atoms with E-state index in [2.05, 4.69) is 5.32 Å². The van der Waals surface area contributed by atoms with Crippen LogP contribution in [0, 0.1) is 6.92 Å². The van der Waals surface area contributed by atoms with Gasteiger partial charge in [0.05, 0.1) is 5.56 Å². The second-order valence-corrected chi connectivity index (χ2v) is 8.49. The van der Waals surface area contributed by atoms with E-state index in [1.807, 2.05) is 52.0 Å². The molecule has 0 spiro atoms. The summed E-state index contributed by atoms with van der Waals surface area (Å²) in [4.78, 5) is 26.4. The van der Waals surface area contributed by atoms with Crippen molar-refractivity contribution in [3.63, 3.8) is 0 Å². The van der Waals surface area contributed by atoms with Crippen molar-refractivity contribution in [1.82, 2.24) is 0 Å². The van der Waals surface area contributed by atoms with Crippen LogP contribution in [-0.2, 0) is 17.6 Å². The quantitative estimate of drug-likeness (QED) is 0.775. The van der Waals surface area contributed by atoms with E-state index in [0.29, 0.717) is 16.1 Å². The molecule has 1 aliphatic carbocycles. The van der Waals surface area contributed by atoms with E-state index in [9.17, 15) is 9.59 Å². The molecule has 0 atom stereocenters. The highest BCUT2D eigenvalue weighted by molar-refractivity contribution is 7.17. The lowest BCUT2D eigenvalue weighted by molar-refractivity contribution is 0.0636. The smallest absolute Gasteiger partial charge is 0.412 e. The molecule has 1 N–H and O–H groups in total. The Morgan fingerprint density at radius 1 is 1.12 bits per heavy atom. The van der Waals surface area contributed by atoms with E-state index in [-0.39, 0.29) is 5.78 Å². The molecular formula is C20H23NO3S. The summed E-state index contributed by atoms with van der Waals surface area (Å²) in [6.45, 7) is 7.45. The first kappa shape index (κ1) is 17.7. The van der Waals surface area contributed by atoms with Crippen LogP contribution < -0.4 is 5.32 Å². The monoisotopic (exact) mass is 357 g/mol. The molecule has 0 unspecified atom stereocenters. The van der Waals surface area contributed by atoms with Crippen molar-refractivity contribution < 1.29 is 14.3 Å². The van der Waals surface area contributed by atoms with Crippen LogP contribution in [0.3, 0.4) is 0 Å². The van der Waals surface area contributed by atoms with E-state index < -0.39 is 11.7 Å². The molecule has 1 aliphatic rings. The molecule has 0 bridgehead atoms. The van der Waals surface area contributed by atoms with Crippen LogP contribution in [0.2, 0.25) is 0 Å². The lowest BCUT2D eigenvalue weighted by Crippen LogP contribution is -2.27. The molecule has 2 aromatic rings. The first-order valence-corrected chi connectivity index (χ1v) is 9.32. The maximum Gasteiger partial charge on any atom is 0.412 e. The van der Waals surface area contributed by atoms with Crippen molar-refractivity contribution in [2.24, 2.45) is 0 Å². The number of rotatable bonds is 3. The van der Waals surface area contributed by atoms with Gasteiger partial charge in [-0.05, 0) is 52.5 Å². The van der Waals surface area contributed by atoms with E-state index in [1.165, 1.54) is 16.2 Å². The van der Waals surface area contributed by atoms with E-state index in [1.54, 1.807) is 0 Å². The third-order valence-corrected chi connectivity index (χ3v) is 5.28. The number of amides is 1. The number of ketones is 1. The van der Waals surface area contributed by atoms with Crippen LogP contribution in [0.15, 0.2) is 24.3 Å². The fraction of sp³-hybridized carbons (Fsp3) is 0.400. The van der Waals surface area contributed by atoms with Crippen molar-refractivity contribution in [2.75, 3.05) is 5.32 Å². The molecule has 4 nitrogen and oxygen atoms in total. The fourth-order valence-electron chi connectivity index (χ4n) is 2.98. The molecular weight excluding hydrogens is 334 g/mol. The standard InChI is InChI=1S/C20H23NO3S/c1-12-8-10-13(11-9-12)17(22)16-14-6-5-7-15(14)25-18(16)21-19(23)24-20(2,3)4/h8-11H,5-7H2,1-4H3,(H,21,23). The predicted molar refractivity (Wildman–Crippen MR) is 101 cm³/mol. The number of nitrogens with one attached hydrogen (secondary N) is 1. The summed E-state index contributed by atoms with van der Waals surface area (Å²) in [6, 6.07) is 7.55. The van der Waals surface area contributed by atoms with Gasteiger partial charge in [0, 0.05) is 10.4 Å². The van der Waals surface area contributed by atoms with E-state index in [0.717, 1.165) is 30.4 Å². The van der Waals surface area contributed by atoms with Crippen molar-refractivity contribution in [3.8, 4) is 0 Å². The first-order valence-electron chi connectivity index (χ1n) is 8.50. The average molecular weight is 357 g/mol. The zero-order valence-corrected chi connectivity index (χ0v) is 15.9. The van der Waals surface area contributed by atoms with Gasteiger partial charge in [0.1, 0.15) is 10.6 Å². The van der Waals surface area contributed by atoms with Crippen LogP contribution in [0.5, 0.6) is 0 Å². The number of hydrogen-bond acceptors (Lipinski definition) is 4. The normalized spacial score (nSPS) is 13.4. The van der Waals surface area contributed by atoms with Crippen LogP contribution in [0.1, 0.15) is 59.1 Å². The largest absolute Gasteiger partial charge is 0.444 e. The fourth-order valence-corrected chi connectivity index (χ4v) is 4.25. The Labute approximate surface area is 152 Å². The summed E-state index contributed by atoms with van der Waals surface area (Å²) < 4.78 is 5.34. The third-order valence-electron chi connectivity index (χ3n) is 4.08. The molecule has 1 heterocycles. The number of benzene rings is 1. The Balaban J connectivity index is 1.93. The Kier molecular flexibility index (Phi) is 4.69. The molecule has 1 aromatic carbocycles. The van der Waals surface area contributed by atoms with Crippen LogP contribution in [0.4, 0.5) is 9.80 Å². The number of thiophene rings is 1. The number of ether oxygens (including phenoxy) is 1. The maximum absolute atomic E-state index is 13.1. The summed E-state index contributed by atoms with van der Waals surface area (Å²) in [6.07, 6.45) is 2.38. The number of hydrogen-bond donors (Lipinski definition) is 1. The summed E-state index contributed by atoms with van der Waals surface area (Å²) in [5, 5.41) is 3.40. The maximum atomic E-state index is 13.1. The predicted octanol–water partition coefficient (Wildman–Crippen LogP) is 5.12. The zero-order chi connectivity index (χ0) is 18.2. The molecule has 0 fully saturated rings. The number of fused-ring (bicyclic) bond motifs is 1. The van der Waals surface area contributed by atoms with Crippen molar-refractivity contribution in [3.05, 3.63) is 51.4 Å². The van der Waals surface area contributed by atoms with Gasteiger partial charge in [0.15, 0.2) is 5.78 Å². The van der Waals surface area contributed by atoms with Gasteiger partial charge in [-0.15, -0.1) is 11.3 Å². The van der Waals surface area contributed by atoms with Gasteiger partial charge in [0.2, 0.25) is 0 Å². The Bertz CT molecular complexity index is 813. The summed E-state index contributed by atoms with van der Waals surface area (Å²) in [5.41, 5.74) is 2.89. The molecule has 25 heavy (non-hydrogen) atoms. The molecule has 0 saturated carbocycles. The second kappa shape index (κ2) is 6.64. The molecule has 5 heteroatoms. The molecule has 1 aromatic heterocycles. The highest BCUT2D eigenvalue weighted by Crippen LogP contribution is 2.40. The third kappa shape index (κ3) is 3.93. The van der Waals surface area contributed by atoms with Crippen molar-refractivity contribution >= 4 is 28.2 Å². The van der Waals surface area contributed by atoms with Gasteiger partial charge < -0.3 is 4.74 Å². The molecule has 0 saturated heterocycles. The van der Waals surface area contributed by atoms with Gasteiger partial charge in [-0.25, -0.2) is 4.79 Å². The summed E-state index contributed by atoms with van der Waals surface area (Å²) in [7, 11) is 0. The van der Waals surface area contributed by atoms with Gasteiger partial charge in [-0.2, -0.15) is 0 Å². The summed E-state index contributed by atoms with van der Waals surface area (Å²) in [5.74, 6) is -0.0366. The SMILES string of the molecule is Cc1ccc(C(=O)c2c(NC(=O)OC(C)(C)C)sc3c2CCC3)cc1. The Hall–Kier alpha value is -2.14. The van der Waals surface area contributed by atoms with Crippen LogP contribution in [0.25, 0.3) is 0 Å². The van der Waals surface area contributed by atoms with Crippen LogP contribution in [-0.4, -0.2) is 17.5 Å². The molecule has 1 amide bonds. The Morgan fingerprint density at radius 2 is 1.80 bits per heavy atom. The highest BCUT2D eigenvalue weighted by atomic mass is 32.1. The van der Waals surface area contributed by atoms with Gasteiger partial charge in [0.25, 0.3) is 0 Å². The average Bonchev–Trinajstić information content (AvgIpc) is 3.05. The molecule has 3 rings (SSSR count). The molecule has 0 aliphatic heterocycles. The van der Waals surface area contributed by atoms with E-state index >= 15 is 0 Å². The Morgan fingerprint density at radius 3 is 2.44 bits per heavy atom. The van der Waals surface area contributed by atoms with Crippen molar-refractivity contribution in [1.29, 1.82) is 0 Å². The van der Waals surface area contributed by atoms with Gasteiger partial charge in [-0.3, -0.25) is 10.1 Å². The highest BCUT2D eigenvalue weighted by Gasteiger charge is 2.29. The number of carbonyl (C=O) groups is 2. The van der Waals surface area contributed by atoms with E-state index in [4.69, 9.17) is 4.74 Å². The number of carbonyl (C=O) groups excluding carboxylic acids is 2. The minimum absolute atomic E-state index is 0.0366. The number of anilines is 1.